The van der Waals surface area contributed by atoms with Gasteiger partial charge in [0, 0.05) is 47.2 Å². The number of hydrogen-bond acceptors (Lipinski definition) is 5. The summed E-state index contributed by atoms with van der Waals surface area (Å²) in [7, 11) is 0. The monoisotopic (exact) mass is 448 g/mol. The van der Waals surface area contributed by atoms with Crippen LogP contribution in [0.2, 0.25) is 5.02 Å². The Kier molecular flexibility index (Phi) is 6.08. The van der Waals surface area contributed by atoms with Crippen LogP contribution in [-0.4, -0.2) is 41.2 Å². The van der Waals surface area contributed by atoms with E-state index < -0.39 is 0 Å². The lowest BCUT2D eigenvalue weighted by atomic mass is 9.95. The van der Waals surface area contributed by atoms with Gasteiger partial charge in [0.15, 0.2) is 5.76 Å². The van der Waals surface area contributed by atoms with Crippen molar-refractivity contribution in [1.29, 1.82) is 0 Å². The molecule has 0 bridgehead atoms. The third-order valence-electron chi connectivity index (χ3n) is 5.95. The summed E-state index contributed by atoms with van der Waals surface area (Å²) in [6.45, 7) is 4.90. The van der Waals surface area contributed by atoms with Gasteiger partial charge in [0.2, 0.25) is 0 Å². The Bertz CT molecular complexity index is 1280. The first-order chi connectivity index (χ1) is 15.7. The summed E-state index contributed by atoms with van der Waals surface area (Å²) in [5.74, 6) is 0.448. The number of H-pyrrole nitrogens is 1. The summed E-state index contributed by atoms with van der Waals surface area (Å²) in [5, 5.41) is 9.10. The minimum absolute atomic E-state index is 0.219. The Morgan fingerprint density at radius 1 is 1.06 bits per heavy atom. The number of aromatic nitrogens is 2. The second kappa shape index (κ2) is 9.28. The van der Waals surface area contributed by atoms with E-state index in [0.29, 0.717) is 22.9 Å². The Morgan fingerprint density at radius 3 is 2.69 bits per heavy atom. The number of likely N-dealkylation sites (tertiary alicyclic amines) is 1. The molecule has 1 aliphatic heterocycles. The molecule has 0 atom stereocenters. The molecule has 0 aliphatic carbocycles. The van der Waals surface area contributed by atoms with Crippen LogP contribution in [0.5, 0.6) is 0 Å². The van der Waals surface area contributed by atoms with E-state index >= 15 is 0 Å². The molecular weight excluding hydrogens is 424 g/mol. The van der Waals surface area contributed by atoms with Crippen molar-refractivity contribution >= 4 is 22.5 Å². The van der Waals surface area contributed by atoms with Crippen LogP contribution in [-0.2, 0) is 6.54 Å². The number of nitrogens with zero attached hydrogens (tertiary/aromatic N) is 2. The molecule has 0 unspecified atom stereocenters. The zero-order chi connectivity index (χ0) is 21.9. The normalized spacial score (nSPS) is 14.4. The second-order valence-corrected chi connectivity index (χ2v) is 8.60. The van der Waals surface area contributed by atoms with Crippen molar-refractivity contribution in [3.63, 3.8) is 0 Å². The number of aromatic amines is 1. The highest BCUT2D eigenvalue weighted by Gasteiger charge is 2.20. The summed E-state index contributed by atoms with van der Waals surface area (Å²) in [6.07, 6.45) is 2.59. The number of pyridine rings is 1. The minimum Gasteiger partial charge on any atom is -0.356 e. The molecule has 0 radical (unpaired) electrons. The summed E-state index contributed by atoms with van der Waals surface area (Å²) < 4.78 is 5.65. The van der Waals surface area contributed by atoms with Gasteiger partial charge in [-0.1, -0.05) is 47.1 Å². The fraction of sp³-hybridized carbons (Fsp3) is 0.280. The van der Waals surface area contributed by atoms with E-state index in [1.807, 2.05) is 48.5 Å². The van der Waals surface area contributed by atoms with Gasteiger partial charge in [-0.25, -0.2) is 0 Å². The van der Waals surface area contributed by atoms with Crippen LogP contribution in [0.4, 0.5) is 0 Å². The van der Waals surface area contributed by atoms with Crippen LogP contribution in [0.25, 0.3) is 33.4 Å². The van der Waals surface area contributed by atoms with Crippen LogP contribution in [0, 0.1) is 0 Å². The first-order valence-corrected chi connectivity index (χ1v) is 11.4. The molecule has 2 N–H and O–H groups in total. The average molecular weight is 449 g/mol. The van der Waals surface area contributed by atoms with Crippen molar-refractivity contribution in [2.75, 3.05) is 26.2 Å². The fourth-order valence-electron chi connectivity index (χ4n) is 4.38. The number of rotatable bonds is 7. The van der Waals surface area contributed by atoms with E-state index in [4.69, 9.17) is 16.1 Å². The molecule has 4 aromatic rings. The molecule has 7 heteroatoms. The van der Waals surface area contributed by atoms with Gasteiger partial charge >= 0.3 is 0 Å². The van der Waals surface area contributed by atoms with E-state index in [1.165, 1.54) is 25.9 Å². The van der Waals surface area contributed by atoms with Crippen molar-refractivity contribution < 1.29 is 4.52 Å². The number of halogens is 1. The van der Waals surface area contributed by atoms with E-state index in [1.54, 1.807) is 6.07 Å². The summed E-state index contributed by atoms with van der Waals surface area (Å²) in [5.41, 5.74) is 3.44. The third kappa shape index (κ3) is 4.35. The summed E-state index contributed by atoms with van der Waals surface area (Å²) in [6, 6.07) is 17.1. The Labute approximate surface area is 191 Å². The standard InChI is InChI=1S/C25H25ClN4O2/c26-18-8-9-21-20(14-18)23(17-6-2-1-3-7-17)24(25(31)28-21)22-15-19(29-32-22)16-27-10-13-30-11-4-5-12-30/h1-3,6-9,14-15,27H,4-5,10-13,16H2,(H,28,31). The number of hydrogen-bond donors (Lipinski definition) is 2. The molecule has 1 fully saturated rings. The number of fused-ring (bicyclic) bond motifs is 1. The van der Waals surface area contributed by atoms with Gasteiger partial charge in [-0.15, -0.1) is 0 Å². The topological polar surface area (TPSA) is 74.2 Å². The lowest BCUT2D eigenvalue weighted by molar-refractivity contribution is 0.334. The lowest BCUT2D eigenvalue weighted by Gasteiger charge is -2.14. The van der Waals surface area contributed by atoms with Crippen molar-refractivity contribution in [1.82, 2.24) is 20.4 Å². The van der Waals surface area contributed by atoms with Crippen LogP contribution in [0.3, 0.4) is 0 Å². The van der Waals surface area contributed by atoms with Crippen LogP contribution >= 0.6 is 11.6 Å². The largest absolute Gasteiger partial charge is 0.356 e. The predicted molar refractivity (Wildman–Crippen MR) is 128 cm³/mol. The maximum absolute atomic E-state index is 13.1. The molecule has 0 saturated carbocycles. The van der Waals surface area contributed by atoms with Gasteiger partial charge in [0.05, 0.1) is 11.3 Å². The maximum atomic E-state index is 13.1. The molecular formula is C25H25ClN4O2. The first-order valence-electron chi connectivity index (χ1n) is 11.0. The molecule has 0 amide bonds. The fourth-order valence-corrected chi connectivity index (χ4v) is 4.55. The zero-order valence-electron chi connectivity index (χ0n) is 17.7. The molecule has 32 heavy (non-hydrogen) atoms. The van der Waals surface area contributed by atoms with Crippen molar-refractivity contribution in [3.8, 4) is 22.5 Å². The minimum atomic E-state index is -0.219. The van der Waals surface area contributed by atoms with Gasteiger partial charge in [-0.3, -0.25) is 4.79 Å². The molecule has 0 spiro atoms. The first kappa shape index (κ1) is 20.9. The number of benzene rings is 2. The quantitative estimate of drug-likeness (QED) is 0.401. The lowest BCUT2D eigenvalue weighted by Crippen LogP contribution is -2.29. The van der Waals surface area contributed by atoms with Crippen LogP contribution < -0.4 is 10.9 Å². The van der Waals surface area contributed by atoms with Crippen molar-refractivity contribution in [2.24, 2.45) is 0 Å². The summed E-state index contributed by atoms with van der Waals surface area (Å²) >= 11 is 6.30. The van der Waals surface area contributed by atoms with E-state index in [0.717, 1.165) is 40.8 Å². The van der Waals surface area contributed by atoms with E-state index in [2.05, 4.69) is 20.4 Å². The van der Waals surface area contributed by atoms with Crippen molar-refractivity contribution in [3.05, 3.63) is 75.7 Å². The van der Waals surface area contributed by atoms with Crippen LogP contribution in [0.1, 0.15) is 18.5 Å². The Morgan fingerprint density at radius 2 is 1.88 bits per heavy atom. The molecule has 1 saturated heterocycles. The van der Waals surface area contributed by atoms with E-state index in [9.17, 15) is 4.79 Å². The molecule has 164 valence electrons. The van der Waals surface area contributed by atoms with Gasteiger partial charge in [-0.05, 0) is 49.7 Å². The van der Waals surface area contributed by atoms with E-state index in [-0.39, 0.29) is 5.56 Å². The second-order valence-electron chi connectivity index (χ2n) is 8.17. The molecule has 5 rings (SSSR count). The summed E-state index contributed by atoms with van der Waals surface area (Å²) in [4.78, 5) is 18.6. The molecule has 1 aliphatic rings. The average Bonchev–Trinajstić information content (AvgIpc) is 3.49. The van der Waals surface area contributed by atoms with Gasteiger partial charge in [-0.2, -0.15) is 0 Å². The number of nitrogens with one attached hydrogen (secondary N) is 2. The Balaban J connectivity index is 1.47. The van der Waals surface area contributed by atoms with Crippen molar-refractivity contribution in [2.45, 2.75) is 19.4 Å². The SMILES string of the molecule is O=c1[nH]c2ccc(Cl)cc2c(-c2ccccc2)c1-c1cc(CNCCN2CCCC2)no1. The Hall–Kier alpha value is -2.93. The molecule has 2 aromatic heterocycles. The third-order valence-corrected chi connectivity index (χ3v) is 6.19. The maximum Gasteiger partial charge on any atom is 0.260 e. The van der Waals surface area contributed by atoms with Gasteiger partial charge < -0.3 is 19.7 Å². The highest BCUT2D eigenvalue weighted by Crippen LogP contribution is 2.36. The zero-order valence-corrected chi connectivity index (χ0v) is 18.5. The van der Waals surface area contributed by atoms with Gasteiger partial charge in [0.1, 0.15) is 0 Å². The van der Waals surface area contributed by atoms with Gasteiger partial charge in [0.25, 0.3) is 5.56 Å². The van der Waals surface area contributed by atoms with Crippen LogP contribution in [0.15, 0.2) is 63.9 Å². The smallest absolute Gasteiger partial charge is 0.260 e. The molecule has 6 nitrogen and oxygen atoms in total. The predicted octanol–water partition coefficient (Wildman–Crippen LogP) is 4.69. The highest BCUT2D eigenvalue weighted by atomic mass is 35.5. The molecule has 3 heterocycles. The highest BCUT2D eigenvalue weighted by molar-refractivity contribution is 6.31. The molecule has 2 aromatic carbocycles.